The molecule has 0 fully saturated rings. The van der Waals surface area contributed by atoms with Gasteiger partial charge in [0, 0.05) is 13.1 Å². The van der Waals surface area contributed by atoms with Crippen molar-refractivity contribution in [3.8, 4) is 11.1 Å². The van der Waals surface area contributed by atoms with E-state index >= 15 is 0 Å². The van der Waals surface area contributed by atoms with Gasteiger partial charge in [-0.05, 0) is 55.5 Å². The molecular formula is C28H34N2O3. The van der Waals surface area contributed by atoms with Crippen molar-refractivity contribution in [1.29, 1.82) is 0 Å². The van der Waals surface area contributed by atoms with Gasteiger partial charge in [0.25, 0.3) is 0 Å². The lowest BCUT2D eigenvalue weighted by Gasteiger charge is -2.27. The average molecular weight is 447 g/mol. The maximum absolute atomic E-state index is 12.4. The number of ether oxygens (including phenoxy) is 1. The Morgan fingerprint density at radius 2 is 1.48 bits per heavy atom. The maximum atomic E-state index is 12.4. The smallest absolute Gasteiger partial charge is 0.407 e. The Morgan fingerprint density at radius 3 is 2.15 bits per heavy atom. The Labute approximate surface area is 196 Å². The SMILES string of the molecule is CC(C)(C)OC(=O)N[C@@H](Cc1ccccc1)[C@H](O)CNCc1cccc(-c2ccccc2)c1. The number of amides is 1. The summed E-state index contributed by atoms with van der Waals surface area (Å²) in [4.78, 5) is 12.4. The molecule has 33 heavy (non-hydrogen) atoms. The van der Waals surface area contributed by atoms with Crippen LogP contribution in [0.2, 0.25) is 0 Å². The van der Waals surface area contributed by atoms with Gasteiger partial charge in [0.2, 0.25) is 0 Å². The molecule has 2 atom stereocenters. The fraction of sp³-hybridized carbons (Fsp3) is 0.321. The summed E-state index contributed by atoms with van der Waals surface area (Å²) >= 11 is 0. The van der Waals surface area contributed by atoms with Crippen LogP contribution in [0.25, 0.3) is 11.1 Å². The van der Waals surface area contributed by atoms with E-state index in [0.717, 1.165) is 16.7 Å². The molecule has 0 aliphatic heterocycles. The molecule has 3 aromatic carbocycles. The van der Waals surface area contributed by atoms with E-state index in [1.165, 1.54) is 5.56 Å². The van der Waals surface area contributed by atoms with Crippen LogP contribution in [-0.4, -0.2) is 35.5 Å². The van der Waals surface area contributed by atoms with Crippen LogP contribution in [0.3, 0.4) is 0 Å². The molecule has 0 aliphatic rings. The molecule has 5 heteroatoms. The van der Waals surface area contributed by atoms with Crippen LogP contribution in [0.1, 0.15) is 31.9 Å². The molecule has 0 aliphatic carbocycles. The Kier molecular flexibility index (Phi) is 8.64. The van der Waals surface area contributed by atoms with Crippen LogP contribution in [-0.2, 0) is 17.7 Å². The summed E-state index contributed by atoms with van der Waals surface area (Å²) in [6.07, 6.45) is -0.806. The highest BCUT2D eigenvalue weighted by Crippen LogP contribution is 2.20. The molecule has 0 bridgehead atoms. The molecule has 5 nitrogen and oxygen atoms in total. The minimum atomic E-state index is -0.782. The number of hydrogen-bond donors (Lipinski definition) is 3. The summed E-state index contributed by atoms with van der Waals surface area (Å²) in [5, 5.41) is 17.1. The van der Waals surface area contributed by atoms with E-state index in [9.17, 15) is 9.90 Å². The second-order valence-corrected chi connectivity index (χ2v) is 9.21. The fourth-order valence-corrected chi connectivity index (χ4v) is 3.61. The number of aliphatic hydroxyl groups excluding tert-OH is 1. The lowest BCUT2D eigenvalue weighted by atomic mass is 10.0. The molecule has 0 radical (unpaired) electrons. The molecule has 0 aromatic heterocycles. The van der Waals surface area contributed by atoms with Crippen molar-refractivity contribution in [2.75, 3.05) is 6.54 Å². The third kappa shape index (κ3) is 8.37. The van der Waals surface area contributed by atoms with Gasteiger partial charge >= 0.3 is 6.09 Å². The zero-order valence-electron chi connectivity index (χ0n) is 19.6. The molecule has 3 N–H and O–H groups in total. The van der Waals surface area contributed by atoms with E-state index in [2.05, 4.69) is 41.0 Å². The van der Waals surface area contributed by atoms with Gasteiger partial charge in [-0.1, -0.05) is 78.9 Å². The van der Waals surface area contributed by atoms with Crippen molar-refractivity contribution in [2.45, 2.75) is 51.5 Å². The van der Waals surface area contributed by atoms with Gasteiger partial charge in [0.15, 0.2) is 0 Å². The van der Waals surface area contributed by atoms with E-state index in [0.29, 0.717) is 19.5 Å². The van der Waals surface area contributed by atoms with Crippen LogP contribution in [0.5, 0.6) is 0 Å². The van der Waals surface area contributed by atoms with Crippen LogP contribution >= 0.6 is 0 Å². The standard InChI is InChI=1S/C28H34N2O3/c1-28(2,3)33-27(32)30-25(18-21-11-6-4-7-12-21)26(31)20-29-19-22-13-10-16-24(17-22)23-14-8-5-9-15-23/h4-17,25-26,29,31H,18-20H2,1-3H3,(H,30,32)/t25-,26+/m0/s1. The van der Waals surface area contributed by atoms with Gasteiger partial charge in [-0.2, -0.15) is 0 Å². The lowest BCUT2D eigenvalue weighted by molar-refractivity contribution is 0.0422. The molecule has 1 amide bonds. The van der Waals surface area contributed by atoms with Crippen molar-refractivity contribution in [2.24, 2.45) is 0 Å². The predicted octanol–water partition coefficient (Wildman–Crippen LogP) is 4.94. The van der Waals surface area contributed by atoms with Crippen LogP contribution in [0.4, 0.5) is 4.79 Å². The Bertz CT molecular complexity index is 1000. The Balaban J connectivity index is 1.60. The highest BCUT2D eigenvalue weighted by atomic mass is 16.6. The van der Waals surface area contributed by atoms with Gasteiger partial charge in [0.1, 0.15) is 5.60 Å². The first-order valence-corrected chi connectivity index (χ1v) is 11.4. The number of rotatable bonds is 9. The monoisotopic (exact) mass is 446 g/mol. The molecule has 0 unspecified atom stereocenters. The average Bonchev–Trinajstić information content (AvgIpc) is 2.79. The minimum absolute atomic E-state index is 0.336. The number of aliphatic hydroxyl groups is 1. The van der Waals surface area contributed by atoms with Gasteiger partial charge < -0.3 is 20.5 Å². The highest BCUT2D eigenvalue weighted by molar-refractivity contribution is 5.68. The molecule has 0 saturated carbocycles. The van der Waals surface area contributed by atoms with E-state index < -0.39 is 23.8 Å². The third-order valence-electron chi connectivity index (χ3n) is 5.18. The number of alkyl carbamates (subject to hydrolysis) is 1. The summed E-state index contributed by atoms with van der Waals surface area (Å²) in [7, 11) is 0. The van der Waals surface area contributed by atoms with Gasteiger partial charge in [-0.25, -0.2) is 4.79 Å². The molecule has 3 aromatic rings. The number of nitrogens with one attached hydrogen (secondary N) is 2. The first-order valence-electron chi connectivity index (χ1n) is 11.4. The highest BCUT2D eigenvalue weighted by Gasteiger charge is 2.24. The quantitative estimate of drug-likeness (QED) is 0.435. The maximum Gasteiger partial charge on any atom is 0.407 e. The van der Waals surface area contributed by atoms with Crippen LogP contribution < -0.4 is 10.6 Å². The van der Waals surface area contributed by atoms with Crippen LogP contribution in [0, 0.1) is 0 Å². The van der Waals surface area contributed by atoms with Crippen molar-refractivity contribution >= 4 is 6.09 Å². The molecule has 174 valence electrons. The van der Waals surface area contributed by atoms with Gasteiger partial charge in [-0.15, -0.1) is 0 Å². The largest absolute Gasteiger partial charge is 0.444 e. The van der Waals surface area contributed by atoms with Crippen molar-refractivity contribution < 1.29 is 14.6 Å². The molecule has 0 heterocycles. The first-order chi connectivity index (χ1) is 15.8. The second-order valence-electron chi connectivity index (χ2n) is 9.21. The number of carbonyl (C=O) groups is 1. The van der Waals surface area contributed by atoms with E-state index in [1.54, 1.807) is 0 Å². The summed E-state index contributed by atoms with van der Waals surface area (Å²) in [5.74, 6) is 0. The zero-order valence-corrected chi connectivity index (χ0v) is 19.6. The summed E-state index contributed by atoms with van der Waals surface area (Å²) in [5.41, 5.74) is 3.89. The van der Waals surface area contributed by atoms with Crippen molar-refractivity contribution in [3.63, 3.8) is 0 Å². The normalized spacial score (nSPS) is 13.2. The molecular weight excluding hydrogens is 412 g/mol. The van der Waals surface area contributed by atoms with Gasteiger partial charge in [0.05, 0.1) is 12.1 Å². The summed E-state index contributed by atoms with van der Waals surface area (Å²) < 4.78 is 5.40. The number of carbonyl (C=O) groups excluding carboxylic acids is 1. The number of hydrogen-bond acceptors (Lipinski definition) is 4. The predicted molar refractivity (Wildman–Crippen MR) is 133 cm³/mol. The number of benzene rings is 3. The lowest BCUT2D eigenvalue weighted by Crippen LogP contribution is -2.49. The first kappa shape index (κ1) is 24.5. The van der Waals surface area contributed by atoms with E-state index in [-0.39, 0.29) is 0 Å². The van der Waals surface area contributed by atoms with Gasteiger partial charge in [-0.3, -0.25) is 0 Å². The Hall–Kier alpha value is -3.15. The van der Waals surface area contributed by atoms with Crippen LogP contribution in [0.15, 0.2) is 84.9 Å². The second kappa shape index (κ2) is 11.6. The zero-order chi connectivity index (χ0) is 23.7. The summed E-state index contributed by atoms with van der Waals surface area (Å²) in [6, 6.07) is 27.9. The summed E-state index contributed by atoms with van der Waals surface area (Å²) in [6.45, 7) is 6.41. The van der Waals surface area contributed by atoms with E-state index in [4.69, 9.17) is 4.74 Å². The Morgan fingerprint density at radius 1 is 0.879 bits per heavy atom. The van der Waals surface area contributed by atoms with Crippen molar-refractivity contribution in [1.82, 2.24) is 10.6 Å². The molecule has 0 saturated heterocycles. The van der Waals surface area contributed by atoms with E-state index in [1.807, 2.05) is 75.4 Å². The van der Waals surface area contributed by atoms with Crippen molar-refractivity contribution in [3.05, 3.63) is 96.1 Å². The minimum Gasteiger partial charge on any atom is -0.444 e. The fourth-order valence-electron chi connectivity index (χ4n) is 3.61. The molecule has 3 rings (SSSR count). The molecule has 0 spiro atoms. The topological polar surface area (TPSA) is 70.6 Å². The third-order valence-corrected chi connectivity index (χ3v) is 5.18.